The lowest BCUT2D eigenvalue weighted by Crippen LogP contribution is -1.89. The Balaban J connectivity index is 2.06. The normalized spacial score (nSPS) is 11.5. The number of nitrogens with one attached hydrogen (secondary N) is 1. The summed E-state index contributed by atoms with van der Waals surface area (Å²) in [4.78, 5) is 11.6. The van der Waals surface area contributed by atoms with Crippen LogP contribution in [-0.2, 0) is 0 Å². The van der Waals surface area contributed by atoms with Gasteiger partial charge in [-0.15, -0.1) is 0 Å². The van der Waals surface area contributed by atoms with Crippen LogP contribution in [-0.4, -0.2) is 20.1 Å². The van der Waals surface area contributed by atoms with Gasteiger partial charge in [0.25, 0.3) is 5.89 Å². The number of hydrogen-bond acceptors (Lipinski definition) is 4. The summed E-state index contributed by atoms with van der Waals surface area (Å²) in [5.41, 5.74) is 2.80. The van der Waals surface area contributed by atoms with Gasteiger partial charge < -0.3 is 9.51 Å². The average molecular weight is 228 g/mol. The van der Waals surface area contributed by atoms with Crippen molar-refractivity contribution in [2.24, 2.45) is 0 Å². The third-order valence-electron chi connectivity index (χ3n) is 2.63. The van der Waals surface area contributed by atoms with Crippen molar-refractivity contribution in [1.29, 1.82) is 0 Å². The van der Waals surface area contributed by atoms with Crippen molar-refractivity contribution in [2.45, 2.75) is 19.8 Å². The quantitative estimate of drug-likeness (QED) is 0.732. The number of aromatic nitrogens is 4. The summed E-state index contributed by atoms with van der Waals surface area (Å²) in [5.74, 6) is 1.54. The Hall–Kier alpha value is -2.17. The summed E-state index contributed by atoms with van der Waals surface area (Å²) >= 11 is 0. The van der Waals surface area contributed by atoms with Crippen molar-refractivity contribution in [1.82, 2.24) is 20.1 Å². The van der Waals surface area contributed by atoms with Crippen molar-refractivity contribution in [3.05, 3.63) is 30.4 Å². The summed E-state index contributed by atoms with van der Waals surface area (Å²) < 4.78 is 5.24. The predicted octanol–water partition coefficient (Wildman–Crippen LogP) is 2.74. The van der Waals surface area contributed by atoms with Crippen LogP contribution in [0, 0.1) is 0 Å². The molecule has 0 amide bonds. The van der Waals surface area contributed by atoms with Crippen LogP contribution in [0.3, 0.4) is 0 Å². The molecule has 3 aromatic rings. The molecule has 0 aliphatic rings. The highest BCUT2D eigenvalue weighted by Gasteiger charge is 2.11. The van der Waals surface area contributed by atoms with Gasteiger partial charge in [-0.25, -0.2) is 4.98 Å². The molecule has 2 heterocycles. The Bertz CT molecular complexity index is 653. The fourth-order valence-electron chi connectivity index (χ4n) is 1.66. The largest absolute Gasteiger partial charge is 0.345 e. The molecular formula is C12H12N4O. The zero-order valence-corrected chi connectivity index (χ0v) is 9.64. The molecule has 0 atom stereocenters. The number of H-pyrrole nitrogens is 1. The molecule has 5 nitrogen and oxygen atoms in total. The molecular weight excluding hydrogens is 216 g/mol. The molecule has 3 rings (SSSR count). The van der Waals surface area contributed by atoms with Crippen molar-refractivity contribution in [2.75, 3.05) is 0 Å². The standard InChI is InChI=1S/C12H12N4O/c1-7(2)11-15-12(17-16-11)8-3-4-9-10(5-8)14-6-13-9/h3-7H,1-2H3,(H,13,14). The Morgan fingerprint density at radius 2 is 2.18 bits per heavy atom. The van der Waals surface area contributed by atoms with Gasteiger partial charge in [0.2, 0.25) is 0 Å². The monoisotopic (exact) mass is 228 g/mol. The maximum Gasteiger partial charge on any atom is 0.258 e. The third kappa shape index (κ3) is 1.69. The summed E-state index contributed by atoms with van der Waals surface area (Å²) in [5, 5.41) is 3.95. The first kappa shape index (κ1) is 10.0. The van der Waals surface area contributed by atoms with E-state index in [0.29, 0.717) is 5.89 Å². The minimum atomic E-state index is 0.267. The van der Waals surface area contributed by atoms with E-state index in [1.807, 2.05) is 32.0 Å². The SMILES string of the molecule is CC(C)c1noc(-c2ccc3nc[nH]c3c2)n1. The van der Waals surface area contributed by atoms with Crippen LogP contribution in [0.4, 0.5) is 0 Å². The number of fused-ring (bicyclic) bond motifs is 1. The highest BCUT2D eigenvalue weighted by Crippen LogP contribution is 2.22. The molecule has 17 heavy (non-hydrogen) atoms. The molecule has 1 N–H and O–H groups in total. The Morgan fingerprint density at radius 3 is 2.94 bits per heavy atom. The smallest absolute Gasteiger partial charge is 0.258 e. The number of hydrogen-bond donors (Lipinski definition) is 1. The van der Waals surface area contributed by atoms with E-state index >= 15 is 0 Å². The molecule has 0 aliphatic heterocycles. The van der Waals surface area contributed by atoms with Gasteiger partial charge in [-0.3, -0.25) is 0 Å². The van der Waals surface area contributed by atoms with Crippen LogP contribution in [0.15, 0.2) is 29.0 Å². The number of rotatable bonds is 2. The van der Waals surface area contributed by atoms with E-state index in [-0.39, 0.29) is 5.92 Å². The van der Waals surface area contributed by atoms with Crippen molar-refractivity contribution >= 4 is 11.0 Å². The Morgan fingerprint density at radius 1 is 1.29 bits per heavy atom. The topological polar surface area (TPSA) is 67.6 Å². The van der Waals surface area contributed by atoms with Crippen molar-refractivity contribution < 1.29 is 4.52 Å². The average Bonchev–Trinajstić information content (AvgIpc) is 2.97. The van der Waals surface area contributed by atoms with E-state index in [9.17, 15) is 0 Å². The lowest BCUT2D eigenvalue weighted by atomic mass is 10.2. The number of aromatic amines is 1. The predicted molar refractivity (Wildman–Crippen MR) is 63.5 cm³/mol. The van der Waals surface area contributed by atoms with Crippen LogP contribution in [0.25, 0.3) is 22.5 Å². The molecule has 0 fully saturated rings. The van der Waals surface area contributed by atoms with E-state index in [2.05, 4.69) is 20.1 Å². The maximum atomic E-state index is 5.24. The fourth-order valence-corrected chi connectivity index (χ4v) is 1.66. The molecule has 0 saturated heterocycles. The number of benzene rings is 1. The van der Waals surface area contributed by atoms with Gasteiger partial charge in [0.05, 0.1) is 17.4 Å². The molecule has 0 aliphatic carbocycles. The molecule has 86 valence electrons. The zero-order valence-electron chi connectivity index (χ0n) is 9.64. The molecule has 0 bridgehead atoms. The van der Waals surface area contributed by atoms with E-state index < -0.39 is 0 Å². The van der Waals surface area contributed by atoms with Crippen LogP contribution < -0.4 is 0 Å². The minimum Gasteiger partial charge on any atom is -0.345 e. The first-order valence-corrected chi connectivity index (χ1v) is 5.51. The van der Waals surface area contributed by atoms with E-state index in [1.165, 1.54) is 0 Å². The molecule has 2 aromatic heterocycles. The molecule has 0 radical (unpaired) electrons. The lowest BCUT2D eigenvalue weighted by molar-refractivity contribution is 0.419. The molecule has 5 heteroatoms. The van der Waals surface area contributed by atoms with Gasteiger partial charge in [-0.05, 0) is 18.2 Å². The summed E-state index contributed by atoms with van der Waals surface area (Å²) in [6.07, 6.45) is 1.67. The van der Waals surface area contributed by atoms with Gasteiger partial charge in [0.1, 0.15) is 0 Å². The Kier molecular flexibility index (Phi) is 2.18. The molecule has 0 unspecified atom stereocenters. The summed E-state index contributed by atoms with van der Waals surface area (Å²) in [7, 11) is 0. The molecule has 0 saturated carbocycles. The van der Waals surface area contributed by atoms with Crippen LogP contribution >= 0.6 is 0 Å². The fraction of sp³-hybridized carbons (Fsp3) is 0.250. The van der Waals surface area contributed by atoms with Crippen molar-refractivity contribution in [3.63, 3.8) is 0 Å². The van der Waals surface area contributed by atoms with Gasteiger partial charge in [-0.1, -0.05) is 19.0 Å². The van der Waals surface area contributed by atoms with Crippen LogP contribution in [0.2, 0.25) is 0 Å². The van der Waals surface area contributed by atoms with Gasteiger partial charge in [0, 0.05) is 11.5 Å². The van der Waals surface area contributed by atoms with Crippen LogP contribution in [0.1, 0.15) is 25.6 Å². The number of imidazole rings is 1. The van der Waals surface area contributed by atoms with E-state index in [4.69, 9.17) is 4.52 Å². The highest BCUT2D eigenvalue weighted by molar-refractivity contribution is 5.79. The van der Waals surface area contributed by atoms with Gasteiger partial charge in [0.15, 0.2) is 5.82 Å². The second-order valence-electron chi connectivity index (χ2n) is 4.25. The molecule has 0 spiro atoms. The maximum absolute atomic E-state index is 5.24. The van der Waals surface area contributed by atoms with Gasteiger partial charge >= 0.3 is 0 Å². The second-order valence-corrected chi connectivity index (χ2v) is 4.25. The van der Waals surface area contributed by atoms with Crippen LogP contribution in [0.5, 0.6) is 0 Å². The second kappa shape index (κ2) is 3.69. The first-order valence-electron chi connectivity index (χ1n) is 5.51. The van der Waals surface area contributed by atoms with E-state index in [1.54, 1.807) is 6.33 Å². The first-order chi connectivity index (χ1) is 8.24. The Labute approximate surface area is 97.9 Å². The zero-order chi connectivity index (χ0) is 11.8. The highest BCUT2D eigenvalue weighted by atomic mass is 16.5. The third-order valence-corrected chi connectivity index (χ3v) is 2.63. The minimum absolute atomic E-state index is 0.267. The van der Waals surface area contributed by atoms with Gasteiger partial charge in [-0.2, -0.15) is 4.98 Å². The summed E-state index contributed by atoms with van der Waals surface area (Å²) in [6.45, 7) is 4.07. The van der Waals surface area contributed by atoms with Crippen molar-refractivity contribution in [3.8, 4) is 11.5 Å². The lowest BCUT2D eigenvalue weighted by Gasteiger charge is -1.94. The van der Waals surface area contributed by atoms with E-state index in [0.717, 1.165) is 22.4 Å². The number of nitrogens with zero attached hydrogens (tertiary/aromatic N) is 3. The summed E-state index contributed by atoms with van der Waals surface area (Å²) in [6, 6.07) is 5.82. The molecule has 1 aromatic carbocycles.